The van der Waals surface area contributed by atoms with E-state index in [0.717, 1.165) is 6.07 Å². The molecule has 0 aliphatic rings. The predicted octanol–water partition coefficient (Wildman–Crippen LogP) is 3.18. The maximum atomic E-state index is 13.3. The van der Waals surface area contributed by atoms with Crippen molar-refractivity contribution in [3.63, 3.8) is 0 Å². The van der Waals surface area contributed by atoms with Crippen LogP contribution in [0.5, 0.6) is 5.75 Å². The van der Waals surface area contributed by atoms with Gasteiger partial charge in [-0.1, -0.05) is 6.07 Å². The molecule has 0 saturated heterocycles. The highest BCUT2D eigenvalue weighted by atomic mass is 19.2. The summed E-state index contributed by atoms with van der Waals surface area (Å²) in [5.41, 5.74) is 5.34. The van der Waals surface area contributed by atoms with Crippen LogP contribution in [0.4, 0.5) is 27.6 Å². The van der Waals surface area contributed by atoms with Crippen molar-refractivity contribution in [3.8, 4) is 5.75 Å². The number of carbonyl (C=O) groups is 1. The van der Waals surface area contributed by atoms with Crippen molar-refractivity contribution in [1.82, 2.24) is 0 Å². The molecule has 0 bridgehead atoms. The molecule has 0 fully saturated rings. The van der Waals surface area contributed by atoms with Crippen molar-refractivity contribution in [2.45, 2.75) is 0 Å². The number of halogens is 5. The Balaban J connectivity index is 2.43. The summed E-state index contributed by atoms with van der Waals surface area (Å²) < 4.78 is 69.6. The minimum absolute atomic E-state index is 0.155. The third-order valence-electron chi connectivity index (χ3n) is 2.49. The standard InChI is InChI=1S/C13H6F5NO2/c14-7-8(15)10(17)12(11(18)9(7)16)21-13(20)5-2-1-3-6(19)4-5/h1-4H,19H2. The Kier molecular flexibility index (Phi) is 3.79. The van der Waals surface area contributed by atoms with E-state index < -0.39 is 40.8 Å². The van der Waals surface area contributed by atoms with Gasteiger partial charge in [-0.15, -0.1) is 0 Å². The first kappa shape index (κ1) is 14.8. The molecule has 3 nitrogen and oxygen atoms in total. The summed E-state index contributed by atoms with van der Waals surface area (Å²) in [6.07, 6.45) is 0. The van der Waals surface area contributed by atoms with Gasteiger partial charge in [0.05, 0.1) is 5.56 Å². The van der Waals surface area contributed by atoms with Gasteiger partial charge in [-0.25, -0.2) is 18.0 Å². The van der Waals surface area contributed by atoms with Crippen LogP contribution in [0.1, 0.15) is 10.4 Å². The van der Waals surface area contributed by atoms with E-state index in [-0.39, 0.29) is 11.3 Å². The van der Waals surface area contributed by atoms with Crippen LogP contribution in [0.2, 0.25) is 0 Å². The van der Waals surface area contributed by atoms with E-state index in [0.29, 0.717) is 0 Å². The molecule has 2 rings (SSSR count). The zero-order valence-corrected chi connectivity index (χ0v) is 10.1. The molecule has 0 aliphatic carbocycles. The molecule has 8 heteroatoms. The molecule has 2 N–H and O–H groups in total. The predicted molar refractivity (Wildman–Crippen MR) is 62.0 cm³/mol. The number of hydrogen-bond acceptors (Lipinski definition) is 3. The lowest BCUT2D eigenvalue weighted by atomic mass is 10.2. The van der Waals surface area contributed by atoms with Crippen molar-refractivity contribution in [3.05, 3.63) is 58.9 Å². The number of esters is 1. The van der Waals surface area contributed by atoms with Gasteiger partial charge < -0.3 is 10.5 Å². The SMILES string of the molecule is Nc1cccc(C(=O)Oc2c(F)c(F)c(F)c(F)c2F)c1. The Morgan fingerprint density at radius 2 is 1.43 bits per heavy atom. The Bertz CT molecular complexity index is 704. The fourth-order valence-electron chi connectivity index (χ4n) is 1.49. The lowest BCUT2D eigenvalue weighted by Crippen LogP contribution is -2.13. The second-order valence-corrected chi connectivity index (χ2v) is 3.91. The summed E-state index contributed by atoms with van der Waals surface area (Å²) >= 11 is 0. The lowest BCUT2D eigenvalue weighted by molar-refractivity contribution is 0.0716. The van der Waals surface area contributed by atoms with Gasteiger partial charge in [-0.05, 0) is 18.2 Å². The zero-order chi connectivity index (χ0) is 15.7. The van der Waals surface area contributed by atoms with Crippen LogP contribution in [-0.4, -0.2) is 5.97 Å². The normalized spacial score (nSPS) is 10.5. The molecular formula is C13H6F5NO2. The summed E-state index contributed by atoms with van der Waals surface area (Å²) in [6, 6.07) is 5.10. The largest absolute Gasteiger partial charge is 0.416 e. The number of nitrogen functional groups attached to an aromatic ring is 1. The summed E-state index contributed by atoms with van der Waals surface area (Å²) in [5.74, 6) is -14.2. The summed E-state index contributed by atoms with van der Waals surface area (Å²) in [7, 11) is 0. The van der Waals surface area contributed by atoms with Gasteiger partial charge in [-0.2, -0.15) is 8.78 Å². The molecule has 2 aromatic rings. The molecule has 2 aromatic carbocycles. The molecule has 0 radical (unpaired) electrons. The van der Waals surface area contributed by atoms with E-state index in [1.54, 1.807) is 0 Å². The van der Waals surface area contributed by atoms with Crippen LogP contribution < -0.4 is 10.5 Å². The quantitative estimate of drug-likeness (QED) is 0.231. The van der Waals surface area contributed by atoms with Crippen molar-refractivity contribution in [1.29, 1.82) is 0 Å². The molecule has 0 aliphatic heterocycles. The van der Waals surface area contributed by atoms with Gasteiger partial charge in [0.1, 0.15) is 0 Å². The second kappa shape index (κ2) is 5.39. The Morgan fingerprint density at radius 1 is 0.905 bits per heavy atom. The number of carbonyl (C=O) groups excluding carboxylic acids is 1. The molecule has 0 amide bonds. The Hall–Kier alpha value is -2.64. The first-order valence-electron chi connectivity index (χ1n) is 5.42. The summed E-state index contributed by atoms with van der Waals surface area (Å²) in [4.78, 5) is 11.6. The highest BCUT2D eigenvalue weighted by Gasteiger charge is 2.28. The molecule has 0 aromatic heterocycles. The van der Waals surface area contributed by atoms with Gasteiger partial charge in [0.15, 0.2) is 0 Å². The zero-order valence-electron chi connectivity index (χ0n) is 10.1. The van der Waals surface area contributed by atoms with Gasteiger partial charge in [0, 0.05) is 5.69 Å². The number of rotatable bonds is 2. The Morgan fingerprint density at radius 3 is 1.95 bits per heavy atom. The minimum Gasteiger partial charge on any atom is -0.416 e. The van der Waals surface area contributed by atoms with E-state index in [2.05, 4.69) is 4.74 Å². The molecule has 0 atom stereocenters. The van der Waals surface area contributed by atoms with Gasteiger partial charge in [-0.3, -0.25) is 0 Å². The van der Waals surface area contributed by atoms with E-state index in [4.69, 9.17) is 5.73 Å². The van der Waals surface area contributed by atoms with Gasteiger partial charge in [0.2, 0.25) is 34.8 Å². The van der Waals surface area contributed by atoms with Crippen LogP contribution in [0.25, 0.3) is 0 Å². The first-order valence-corrected chi connectivity index (χ1v) is 5.42. The highest BCUT2D eigenvalue weighted by Crippen LogP contribution is 2.29. The lowest BCUT2D eigenvalue weighted by Gasteiger charge is -2.09. The van der Waals surface area contributed by atoms with Crippen molar-refractivity contribution < 1.29 is 31.5 Å². The fourth-order valence-corrected chi connectivity index (χ4v) is 1.49. The monoisotopic (exact) mass is 303 g/mol. The molecule has 0 unspecified atom stereocenters. The van der Waals surface area contributed by atoms with E-state index >= 15 is 0 Å². The molecule has 0 saturated carbocycles. The smallest absolute Gasteiger partial charge is 0.343 e. The van der Waals surface area contributed by atoms with Crippen LogP contribution >= 0.6 is 0 Å². The number of nitrogens with two attached hydrogens (primary N) is 1. The van der Waals surface area contributed by atoms with E-state index in [9.17, 15) is 26.7 Å². The first-order chi connectivity index (χ1) is 9.82. The summed E-state index contributed by atoms with van der Waals surface area (Å²) in [6.45, 7) is 0. The third kappa shape index (κ3) is 2.64. The van der Waals surface area contributed by atoms with Crippen LogP contribution in [0.3, 0.4) is 0 Å². The van der Waals surface area contributed by atoms with Gasteiger partial charge in [0.25, 0.3) is 0 Å². The van der Waals surface area contributed by atoms with Crippen LogP contribution in [0.15, 0.2) is 24.3 Å². The number of ether oxygens (including phenoxy) is 1. The number of hydrogen-bond donors (Lipinski definition) is 1. The Labute approximate surface area is 114 Å². The van der Waals surface area contributed by atoms with E-state index in [1.807, 2.05) is 0 Å². The van der Waals surface area contributed by atoms with Crippen molar-refractivity contribution in [2.75, 3.05) is 5.73 Å². The van der Waals surface area contributed by atoms with Crippen LogP contribution in [0, 0.1) is 29.1 Å². The maximum absolute atomic E-state index is 13.3. The minimum atomic E-state index is -2.34. The maximum Gasteiger partial charge on any atom is 0.343 e. The summed E-state index contributed by atoms with van der Waals surface area (Å²) in [5, 5.41) is 0. The highest BCUT2D eigenvalue weighted by molar-refractivity contribution is 5.92. The molecule has 21 heavy (non-hydrogen) atoms. The van der Waals surface area contributed by atoms with Crippen LogP contribution in [-0.2, 0) is 0 Å². The number of benzene rings is 2. The topological polar surface area (TPSA) is 52.3 Å². The molecule has 0 heterocycles. The molecular weight excluding hydrogens is 297 g/mol. The molecule has 110 valence electrons. The average Bonchev–Trinajstić information content (AvgIpc) is 2.47. The molecule has 0 spiro atoms. The third-order valence-corrected chi connectivity index (χ3v) is 2.49. The number of anilines is 1. The van der Waals surface area contributed by atoms with Gasteiger partial charge >= 0.3 is 5.97 Å². The second-order valence-electron chi connectivity index (χ2n) is 3.91. The van der Waals surface area contributed by atoms with Crippen molar-refractivity contribution in [2.24, 2.45) is 0 Å². The van der Waals surface area contributed by atoms with E-state index in [1.165, 1.54) is 18.2 Å². The fraction of sp³-hybridized carbons (Fsp3) is 0. The average molecular weight is 303 g/mol. The van der Waals surface area contributed by atoms with Crippen molar-refractivity contribution >= 4 is 11.7 Å².